The molecule has 0 saturated carbocycles. The molecule has 1 aliphatic heterocycles. The first-order valence-electron chi connectivity index (χ1n) is 9.30. The summed E-state index contributed by atoms with van der Waals surface area (Å²) >= 11 is 0. The van der Waals surface area contributed by atoms with Gasteiger partial charge in [-0.3, -0.25) is 4.90 Å². The van der Waals surface area contributed by atoms with Crippen molar-refractivity contribution < 1.29 is 13.2 Å². The number of benzene rings is 3. The Labute approximate surface area is 162 Å². The highest BCUT2D eigenvalue weighted by molar-refractivity contribution is 5.69. The Kier molecular flexibility index (Phi) is 5.09. The Hall–Kier alpha value is -2.79. The van der Waals surface area contributed by atoms with Crippen molar-refractivity contribution >= 4 is 5.69 Å². The van der Waals surface area contributed by atoms with Gasteiger partial charge < -0.3 is 5.32 Å². The summed E-state index contributed by atoms with van der Waals surface area (Å²) in [6.07, 6.45) is -4.31. The van der Waals surface area contributed by atoms with Gasteiger partial charge in [0.1, 0.15) is 0 Å². The van der Waals surface area contributed by atoms with Crippen LogP contribution < -0.4 is 5.32 Å². The van der Waals surface area contributed by atoms with Gasteiger partial charge in [0.15, 0.2) is 0 Å². The molecule has 0 unspecified atom stereocenters. The van der Waals surface area contributed by atoms with E-state index in [1.54, 1.807) is 0 Å². The van der Waals surface area contributed by atoms with Crippen LogP contribution in [0.2, 0.25) is 0 Å². The van der Waals surface area contributed by atoms with Gasteiger partial charge in [-0.1, -0.05) is 48.5 Å². The van der Waals surface area contributed by atoms with Crippen LogP contribution in [-0.2, 0) is 19.3 Å². The number of halogens is 3. The van der Waals surface area contributed by atoms with Gasteiger partial charge in [0.05, 0.1) is 5.56 Å². The second kappa shape index (κ2) is 7.68. The molecule has 1 N–H and O–H groups in total. The SMILES string of the molecule is FC(F)(F)c1ccc(-c2ccc3c(c2)CN(Cc2ccccc2)CCN3)cc1. The zero-order valence-electron chi connectivity index (χ0n) is 15.3. The van der Waals surface area contributed by atoms with Crippen molar-refractivity contribution in [2.75, 3.05) is 18.4 Å². The average Bonchev–Trinajstić information content (AvgIpc) is 2.89. The van der Waals surface area contributed by atoms with Crippen molar-refractivity contribution in [3.05, 3.63) is 89.5 Å². The summed E-state index contributed by atoms with van der Waals surface area (Å²) in [4.78, 5) is 2.38. The molecular formula is C23H21F3N2. The highest BCUT2D eigenvalue weighted by Gasteiger charge is 2.30. The standard InChI is InChI=1S/C23H21F3N2/c24-23(25,26)21-9-6-18(7-10-21)19-8-11-22-20(14-19)16-28(13-12-27-22)15-17-4-2-1-3-5-17/h1-11,14,27H,12-13,15-16H2. The first-order chi connectivity index (χ1) is 13.5. The smallest absolute Gasteiger partial charge is 0.383 e. The lowest BCUT2D eigenvalue weighted by Gasteiger charge is -2.20. The van der Waals surface area contributed by atoms with Crippen molar-refractivity contribution in [1.29, 1.82) is 0 Å². The Morgan fingerprint density at radius 3 is 2.29 bits per heavy atom. The molecule has 0 spiro atoms. The van der Waals surface area contributed by atoms with Gasteiger partial charge in [-0.2, -0.15) is 13.2 Å². The largest absolute Gasteiger partial charge is 0.416 e. The summed E-state index contributed by atoms with van der Waals surface area (Å²) in [7, 11) is 0. The average molecular weight is 382 g/mol. The number of anilines is 1. The molecule has 0 atom stereocenters. The van der Waals surface area contributed by atoms with E-state index in [0.29, 0.717) is 0 Å². The molecule has 0 amide bonds. The number of hydrogen-bond acceptors (Lipinski definition) is 2. The molecule has 1 heterocycles. The van der Waals surface area contributed by atoms with Crippen LogP contribution in [0.15, 0.2) is 72.8 Å². The summed E-state index contributed by atoms with van der Waals surface area (Å²) in [6, 6.07) is 21.8. The van der Waals surface area contributed by atoms with E-state index in [-0.39, 0.29) is 0 Å². The van der Waals surface area contributed by atoms with Gasteiger partial charge in [0.2, 0.25) is 0 Å². The third-order valence-electron chi connectivity index (χ3n) is 5.04. The third-order valence-corrected chi connectivity index (χ3v) is 5.04. The molecule has 3 aromatic rings. The predicted octanol–water partition coefficient (Wildman–Crippen LogP) is 5.80. The number of fused-ring (bicyclic) bond motifs is 1. The lowest BCUT2D eigenvalue weighted by atomic mass is 10.00. The number of nitrogens with zero attached hydrogens (tertiary/aromatic N) is 1. The minimum absolute atomic E-state index is 0.623. The maximum atomic E-state index is 12.8. The van der Waals surface area contributed by atoms with E-state index >= 15 is 0 Å². The van der Waals surface area contributed by atoms with E-state index in [1.807, 2.05) is 30.3 Å². The maximum Gasteiger partial charge on any atom is 0.416 e. The molecule has 0 aliphatic carbocycles. The summed E-state index contributed by atoms with van der Waals surface area (Å²) in [5.41, 5.74) is 4.61. The van der Waals surface area contributed by atoms with Gasteiger partial charge >= 0.3 is 6.18 Å². The van der Waals surface area contributed by atoms with Crippen molar-refractivity contribution in [2.24, 2.45) is 0 Å². The second-order valence-electron chi connectivity index (χ2n) is 7.07. The highest BCUT2D eigenvalue weighted by Crippen LogP contribution is 2.32. The van der Waals surface area contributed by atoms with Gasteiger partial charge in [-0.05, 0) is 46.5 Å². The van der Waals surface area contributed by atoms with Crippen LogP contribution in [0, 0.1) is 0 Å². The summed E-state index contributed by atoms with van der Waals surface area (Å²) in [6.45, 7) is 3.46. The van der Waals surface area contributed by atoms with Crippen molar-refractivity contribution in [3.8, 4) is 11.1 Å². The quantitative estimate of drug-likeness (QED) is 0.616. The van der Waals surface area contributed by atoms with Crippen LogP contribution in [0.3, 0.4) is 0 Å². The summed E-state index contributed by atoms with van der Waals surface area (Å²) in [5, 5.41) is 3.46. The zero-order chi connectivity index (χ0) is 19.6. The molecule has 3 aromatic carbocycles. The van der Waals surface area contributed by atoms with E-state index in [2.05, 4.69) is 28.4 Å². The number of hydrogen-bond donors (Lipinski definition) is 1. The maximum absolute atomic E-state index is 12.8. The fraction of sp³-hybridized carbons (Fsp3) is 0.217. The van der Waals surface area contributed by atoms with E-state index in [9.17, 15) is 13.2 Å². The second-order valence-corrected chi connectivity index (χ2v) is 7.07. The van der Waals surface area contributed by atoms with Crippen LogP contribution in [-0.4, -0.2) is 18.0 Å². The molecular weight excluding hydrogens is 361 g/mol. The molecule has 0 aromatic heterocycles. The Morgan fingerprint density at radius 2 is 1.57 bits per heavy atom. The summed E-state index contributed by atoms with van der Waals surface area (Å²) in [5.74, 6) is 0. The van der Waals surface area contributed by atoms with E-state index < -0.39 is 11.7 Å². The van der Waals surface area contributed by atoms with Gasteiger partial charge in [0.25, 0.3) is 0 Å². The molecule has 0 fully saturated rings. The molecule has 4 rings (SSSR count). The predicted molar refractivity (Wildman–Crippen MR) is 106 cm³/mol. The molecule has 2 nitrogen and oxygen atoms in total. The van der Waals surface area contributed by atoms with Crippen LogP contribution in [0.25, 0.3) is 11.1 Å². The van der Waals surface area contributed by atoms with E-state index in [1.165, 1.54) is 17.7 Å². The van der Waals surface area contributed by atoms with Gasteiger partial charge in [-0.15, -0.1) is 0 Å². The highest BCUT2D eigenvalue weighted by atomic mass is 19.4. The number of nitrogens with one attached hydrogen (secondary N) is 1. The first-order valence-corrected chi connectivity index (χ1v) is 9.30. The van der Waals surface area contributed by atoms with Crippen LogP contribution in [0.5, 0.6) is 0 Å². The lowest BCUT2D eigenvalue weighted by Crippen LogP contribution is -2.25. The van der Waals surface area contributed by atoms with E-state index in [4.69, 9.17) is 0 Å². The Bertz CT molecular complexity index is 934. The molecule has 5 heteroatoms. The fourth-order valence-corrected chi connectivity index (χ4v) is 3.57. The van der Waals surface area contributed by atoms with Crippen LogP contribution in [0.4, 0.5) is 18.9 Å². The lowest BCUT2D eigenvalue weighted by molar-refractivity contribution is -0.137. The fourth-order valence-electron chi connectivity index (χ4n) is 3.57. The van der Waals surface area contributed by atoms with Crippen LogP contribution in [0.1, 0.15) is 16.7 Å². The molecule has 144 valence electrons. The van der Waals surface area contributed by atoms with E-state index in [0.717, 1.165) is 60.7 Å². The van der Waals surface area contributed by atoms with Crippen molar-refractivity contribution in [1.82, 2.24) is 4.90 Å². The third kappa shape index (κ3) is 4.20. The monoisotopic (exact) mass is 382 g/mol. The Morgan fingerprint density at radius 1 is 0.857 bits per heavy atom. The molecule has 0 saturated heterocycles. The normalized spacial score (nSPS) is 14.8. The van der Waals surface area contributed by atoms with Gasteiger partial charge in [-0.25, -0.2) is 0 Å². The number of alkyl halides is 3. The number of rotatable bonds is 3. The minimum Gasteiger partial charge on any atom is -0.383 e. The molecule has 28 heavy (non-hydrogen) atoms. The van der Waals surface area contributed by atoms with Crippen molar-refractivity contribution in [2.45, 2.75) is 19.3 Å². The summed E-state index contributed by atoms with van der Waals surface area (Å²) < 4.78 is 38.4. The molecule has 1 aliphatic rings. The molecule has 0 bridgehead atoms. The van der Waals surface area contributed by atoms with Crippen LogP contribution >= 0.6 is 0 Å². The zero-order valence-corrected chi connectivity index (χ0v) is 15.3. The van der Waals surface area contributed by atoms with Gasteiger partial charge in [0, 0.05) is 31.9 Å². The minimum atomic E-state index is -4.31. The first kappa shape index (κ1) is 18.6. The van der Waals surface area contributed by atoms with Crippen molar-refractivity contribution in [3.63, 3.8) is 0 Å². The Balaban J connectivity index is 1.57. The topological polar surface area (TPSA) is 15.3 Å². The molecule has 0 radical (unpaired) electrons.